The van der Waals surface area contributed by atoms with E-state index in [9.17, 15) is 14.0 Å². The fourth-order valence-corrected chi connectivity index (χ4v) is 4.28. The van der Waals surface area contributed by atoms with Gasteiger partial charge in [-0.1, -0.05) is 47.2 Å². The highest BCUT2D eigenvalue weighted by molar-refractivity contribution is 7.13. The number of nitrogens with one attached hydrogen (secondary N) is 2. The predicted octanol–water partition coefficient (Wildman–Crippen LogP) is 4.95. The second-order valence-corrected chi connectivity index (χ2v) is 8.06. The van der Waals surface area contributed by atoms with E-state index in [1.165, 1.54) is 18.2 Å². The van der Waals surface area contributed by atoms with E-state index >= 15 is 0 Å². The van der Waals surface area contributed by atoms with Gasteiger partial charge in [-0.3, -0.25) is 4.79 Å². The fraction of sp³-hybridized carbons (Fsp3) is 0.200. The number of halogens is 2. The summed E-state index contributed by atoms with van der Waals surface area (Å²) in [6.45, 7) is 0.553. The number of para-hydroxylation sites is 2. The lowest BCUT2D eigenvalue weighted by Crippen LogP contribution is -2.34. The highest BCUT2D eigenvalue weighted by Crippen LogP contribution is 2.34. The van der Waals surface area contributed by atoms with Crippen LogP contribution in [0.5, 0.6) is 0 Å². The molecule has 10 heteroatoms. The van der Waals surface area contributed by atoms with Crippen LogP contribution in [0.3, 0.4) is 0 Å². The minimum absolute atomic E-state index is 0.0702. The monoisotopic (exact) mass is 445 g/mol. The number of amides is 3. The van der Waals surface area contributed by atoms with Gasteiger partial charge in [-0.15, -0.1) is 10.2 Å². The first-order chi connectivity index (χ1) is 14.5. The second kappa shape index (κ2) is 8.76. The van der Waals surface area contributed by atoms with Gasteiger partial charge in [0, 0.05) is 6.54 Å². The number of rotatable bonds is 4. The van der Waals surface area contributed by atoms with E-state index in [-0.39, 0.29) is 22.8 Å². The zero-order chi connectivity index (χ0) is 21.1. The van der Waals surface area contributed by atoms with Crippen LogP contribution < -0.4 is 10.6 Å². The molecule has 3 amide bonds. The molecule has 0 saturated carbocycles. The summed E-state index contributed by atoms with van der Waals surface area (Å²) in [6.07, 6.45) is 1.51. The Morgan fingerprint density at radius 3 is 2.57 bits per heavy atom. The molecule has 0 aliphatic carbocycles. The van der Waals surface area contributed by atoms with Crippen molar-refractivity contribution >= 4 is 46.3 Å². The molecule has 1 saturated heterocycles. The normalized spacial score (nSPS) is 15.8. The zero-order valence-corrected chi connectivity index (χ0v) is 17.2. The van der Waals surface area contributed by atoms with Gasteiger partial charge in [-0.05, 0) is 37.1 Å². The first-order valence-corrected chi connectivity index (χ1v) is 10.4. The van der Waals surface area contributed by atoms with Crippen LogP contribution >= 0.6 is 22.9 Å². The third-order valence-electron chi connectivity index (χ3n) is 4.67. The number of hydrogen-bond donors (Lipinski definition) is 2. The highest BCUT2D eigenvalue weighted by Gasteiger charge is 2.33. The number of anilines is 2. The Morgan fingerprint density at radius 2 is 1.80 bits per heavy atom. The molecule has 0 bridgehead atoms. The Balaban J connectivity index is 1.47. The molecular formula is C20H17ClFN5O2S. The van der Waals surface area contributed by atoms with Gasteiger partial charge >= 0.3 is 6.03 Å². The van der Waals surface area contributed by atoms with Gasteiger partial charge in [0.25, 0.3) is 5.91 Å². The van der Waals surface area contributed by atoms with E-state index in [2.05, 4.69) is 20.8 Å². The van der Waals surface area contributed by atoms with Gasteiger partial charge in [0.2, 0.25) is 5.01 Å². The molecule has 2 N–H and O–H groups in total. The van der Waals surface area contributed by atoms with Gasteiger partial charge in [0.1, 0.15) is 10.8 Å². The predicted molar refractivity (Wildman–Crippen MR) is 113 cm³/mol. The summed E-state index contributed by atoms with van der Waals surface area (Å²) in [4.78, 5) is 26.8. The smallest absolute Gasteiger partial charge is 0.317 e. The van der Waals surface area contributed by atoms with Crippen LogP contribution in [-0.4, -0.2) is 33.6 Å². The van der Waals surface area contributed by atoms with Gasteiger partial charge in [0.05, 0.1) is 22.4 Å². The molecule has 1 aromatic heterocycles. The van der Waals surface area contributed by atoms with Crippen LogP contribution in [0, 0.1) is 5.82 Å². The Labute approximate surface area is 180 Å². The number of hydrogen-bond acceptors (Lipinski definition) is 5. The Morgan fingerprint density at radius 1 is 1.07 bits per heavy atom. The van der Waals surface area contributed by atoms with Crippen molar-refractivity contribution in [3.63, 3.8) is 0 Å². The lowest BCUT2D eigenvalue weighted by molar-refractivity contribution is 0.102. The summed E-state index contributed by atoms with van der Waals surface area (Å²) < 4.78 is 13.8. The second-order valence-electron chi connectivity index (χ2n) is 6.64. The van der Waals surface area contributed by atoms with Crippen molar-refractivity contribution in [1.82, 2.24) is 15.1 Å². The number of aromatic nitrogens is 2. The minimum atomic E-state index is -0.547. The van der Waals surface area contributed by atoms with Crippen molar-refractivity contribution in [3.8, 4) is 0 Å². The third kappa shape index (κ3) is 4.27. The van der Waals surface area contributed by atoms with Crippen molar-refractivity contribution in [2.24, 2.45) is 0 Å². The van der Waals surface area contributed by atoms with Crippen LogP contribution in [0.15, 0.2) is 48.5 Å². The average Bonchev–Trinajstić information content (AvgIpc) is 3.40. The third-order valence-corrected chi connectivity index (χ3v) is 6.02. The van der Waals surface area contributed by atoms with Gasteiger partial charge in [-0.2, -0.15) is 0 Å². The molecule has 154 valence electrons. The van der Waals surface area contributed by atoms with Crippen LogP contribution in [0.1, 0.15) is 33.7 Å². The summed E-state index contributed by atoms with van der Waals surface area (Å²) in [6, 6.07) is 12.3. The molecule has 1 aliphatic rings. The van der Waals surface area contributed by atoms with Gasteiger partial charge in [-0.25, -0.2) is 9.18 Å². The summed E-state index contributed by atoms with van der Waals surface area (Å²) >= 11 is 7.21. The molecule has 3 aromatic rings. The van der Waals surface area contributed by atoms with Crippen molar-refractivity contribution in [2.45, 2.75) is 18.9 Å². The molecular weight excluding hydrogens is 429 g/mol. The van der Waals surface area contributed by atoms with Crippen molar-refractivity contribution in [2.75, 3.05) is 17.2 Å². The SMILES string of the molecule is O=C(Nc1ccccc1F)c1nnc([C@H]2CCCN2C(=O)Nc2ccccc2Cl)s1. The summed E-state index contributed by atoms with van der Waals surface area (Å²) in [7, 11) is 0. The maximum Gasteiger partial charge on any atom is 0.322 e. The molecule has 1 fully saturated rings. The standard InChI is InChI=1S/C20H17ClFN5O2S/c21-12-6-1-3-8-14(12)24-20(29)27-11-5-10-16(27)18-25-26-19(30-18)17(28)23-15-9-4-2-7-13(15)22/h1-4,6-9,16H,5,10-11H2,(H,23,28)(H,24,29)/t16-/m1/s1. The van der Waals surface area contributed by atoms with E-state index in [0.29, 0.717) is 28.7 Å². The van der Waals surface area contributed by atoms with Crippen LogP contribution in [-0.2, 0) is 0 Å². The summed E-state index contributed by atoms with van der Waals surface area (Å²) in [5, 5.41) is 14.4. The van der Waals surface area contributed by atoms with E-state index in [4.69, 9.17) is 11.6 Å². The number of carbonyl (C=O) groups excluding carboxylic acids is 2. The molecule has 1 aliphatic heterocycles. The molecule has 0 radical (unpaired) electrons. The lowest BCUT2D eigenvalue weighted by Gasteiger charge is -2.23. The number of nitrogens with zero attached hydrogens (tertiary/aromatic N) is 3. The van der Waals surface area contributed by atoms with Crippen LogP contribution in [0.4, 0.5) is 20.6 Å². The van der Waals surface area contributed by atoms with Gasteiger partial charge in [0.15, 0.2) is 0 Å². The molecule has 4 rings (SSSR count). The molecule has 0 spiro atoms. The maximum absolute atomic E-state index is 13.8. The zero-order valence-electron chi connectivity index (χ0n) is 15.6. The first-order valence-electron chi connectivity index (χ1n) is 9.24. The average molecular weight is 446 g/mol. The van der Waals surface area contributed by atoms with Crippen LogP contribution in [0.25, 0.3) is 0 Å². The first kappa shape index (κ1) is 20.2. The van der Waals surface area contributed by atoms with E-state index in [1.54, 1.807) is 35.2 Å². The Hall–Kier alpha value is -3.04. The van der Waals surface area contributed by atoms with Crippen molar-refractivity contribution in [3.05, 3.63) is 69.4 Å². The Bertz CT molecular complexity index is 1090. The lowest BCUT2D eigenvalue weighted by atomic mass is 10.2. The topological polar surface area (TPSA) is 87.2 Å². The van der Waals surface area contributed by atoms with E-state index in [0.717, 1.165) is 17.8 Å². The van der Waals surface area contributed by atoms with Crippen molar-refractivity contribution in [1.29, 1.82) is 0 Å². The summed E-state index contributed by atoms with van der Waals surface area (Å²) in [5.41, 5.74) is 0.595. The number of likely N-dealkylation sites (tertiary alicyclic amines) is 1. The number of carbonyl (C=O) groups is 2. The largest absolute Gasteiger partial charge is 0.322 e. The fourth-order valence-electron chi connectivity index (χ4n) is 3.22. The molecule has 30 heavy (non-hydrogen) atoms. The highest BCUT2D eigenvalue weighted by atomic mass is 35.5. The van der Waals surface area contributed by atoms with E-state index < -0.39 is 11.7 Å². The molecule has 0 unspecified atom stereocenters. The van der Waals surface area contributed by atoms with E-state index in [1.807, 2.05) is 0 Å². The Kier molecular flexibility index (Phi) is 5.91. The maximum atomic E-state index is 13.8. The van der Waals surface area contributed by atoms with Gasteiger partial charge < -0.3 is 15.5 Å². The van der Waals surface area contributed by atoms with Crippen LogP contribution in [0.2, 0.25) is 5.02 Å². The quantitative estimate of drug-likeness (QED) is 0.594. The summed E-state index contributed by atoms with van der Waals surface area (Å²) in [5.74, 6) is -1.08. The molecule has 1 atom stereocenters. The minimum Gasteiger partial charge on any atom is -0.317 e. The molecule has 2 heterocycles. The number of urea groups is 1. The number of benzene rings is 2. The van der Waals surface area contributed by atoms with Crippen molar-refractivity contribution < 1.29 is 14.0 Å². The molecule has 2 aromatic carbocycles. The molecule has 7 nitrogen and oxygen atoms in total.